The Balaban J connectivity index is 0.000000185. The molecule has 0 radical (unpaired) electrons. The van der Waals surface area contributed by atoms with Crippen molar-refractivity contribution >= 4 is 72.3 Å². The molecular weight excluding hydrogens is 889 g/mol. The maximum absolute atomic E-state index is 11.7. The van der Waals surface area contributed by atoms with E-state index in [1.54, 1.807) is 38.5 Å². The zero-order valence-corrected chi connectivity index (χ0v) is 36.7. The van der Waals surface area contributed by atoms with Crippen molar-refractivity contribution in [3.8, 4) is 34.8 Å². The number of methoxy groups -OCH3 is 2. The van der Waals surface area contributed by atoms with E-state index in [1.165, 1.54) is 0 Å². The molecule has 7 nitrogen and oxygen atoms in total. The molecular formula is C49H41IO7P2+2. The number of halogens is 1. The van der Waals surface area contributed by atoms with Gasteiger partial charge in [-0.25, -0.2) is 0 Å². The molecule has 8 rings (SSSR count). The summed E-state index contributed by atoms with van der Waals surface area (Å²) in [5.74, 6) is 8.36. The second-order valence-corrected chi connectivity index (χ2v) is 16.4. The maximum atomic E-state index is 11.7. The summed E-state index contributed by atoms with van der Waals surface area (Å²) < 4.78 is 63.5. The molecule has 0 saturated carbocycles. The quantitative estimate of drug-likeness (QED) is 0.0923. The van der Waals surface area contributed by atoms with E-state index in [4.69, 9.17) is 26.6 Å². The third kappa shape index (κ3) is 9.20. The Kier molecular flexibility index (Phi) is 12.5. The van der Waals surface area contributed by atoms with Crippen LogP contribution in [-0.4, -0.2) is 28.5 Å². The second-order valence-electron chi connectivity index (χ2n) is 13.7. The Morgan fingerprint density at radius 2 is 1.12 bits per heavy atom. The number of aliphatic hydroxyl groups excluding tert-OH is 1. The molecule has 0 bridgehead atoms. The summed E-state index contributed by atoms with van der Waals surface area (Å²) in [5, 5.41) is 9.83. The van der Waals surface area contributed by atoms with E-state index in [0.29, 0.717) is 22.1 Å². The molecule has 6 aromatic rings. The highest BCUT2D eigenvalue weighted by Gasteiger charge is 2.32. The number of hydrogen-bond acceptors (Lipinski definition) is 7. The van der Waals surface area contributed by atoms with Gasteiger partial charge in [-0.3, -0.25) is 0 Å². The molecule has 0 spiro atoms. The number of hydrogen-bond donors (Lipinski definition) is 1. The first-order valence-electron chi connectivity index (χ1n) is 19.6. The summed E-state index contributed by atoms with van der Waals surface area (Å²) in [5.41, 5.74) is 10.9. The van der Waals surface area contributed by atoms with Crippen LogP contribution in [0.5, 0.6) is 23.0 Å². The molecule has 0 saturated heterocycles. The monoisotopic (exact) mass is 934 g/mol. The molecule has 294 valence electrons. The van der Waals surface area contributed by atoms with Crippen LogP contribution in [-0.2, 0) is 9.13 Å². The molecule has 4 unspecified atom stereocenters. The van der Waals surface area contributed by atoms with Gasteiger partial charge in [0.2, 0.25) is 0 Å². The van der Waals surface area contributed by atoms with Crippen molar-refractivity contribution in [1.82, 2.24) is 0 Å². The van der Waals surface area contributed by atoms with Crippen LogP contribution in [0.2, 0.25) is 0 Å². The van der Waals surface area contributed by atoms with Crippen LogP contribution in [0.4, 0.5) is 0 Å². The molecule has 6 aromatic carbocycles. The van der Waals surface area contributed by atoms with Gasteiger partial charge in [0.25, 0.3) is 0 Å². The SMILES string of the molecule is [3H][P+](=O)c1ccc2c(c1)OC(c1ccc(C#CCO)cc1)C(c1cccc(OC)c1)=C2C.[3H][P+](=O)c1ccc2c(c1)OC(c1ccc(I)cc1)C(c1cccc(OC)c1)=C2C. The van der Waals surface area contributed by atoms with Gasteiger partial charge >= 0.3 is 19.4 Å². The lowest BCUT2D eigenvalue weighted by Gasteiger charge is -2.31. The van der Waals surface area contributed by atoms with Gasteiger partial charge in [-0.1, -0.05) is 69.5 Å². The topological polar surface area (TPSA) is 91.3 Å². The third-order valence-electron chi connectivity index (χ3n) is 10.2. The van der Waals surface area contributed by atoms with Gasteiger partial charge in [0.15, 0.2) is 10.6 Å². The van der Waals surface area contributed by atoms with Gasteiger partial charge in [-0.2, -0.15) is 0 Å². The number of aliphatic hydroxyl groups is 1. The summed E-state index contributed by atoms with van der Waals surface area (Å²) in [7, 11) is -1.09. The van der Waals surface area contributed by atoms with Crippen LogP contribution in [0.1, 0.15) is 65.0 Å². The fraction of sp³-hybridized carbons (Fsp3) is 0.143. The van der Waals surface area contributed by atoms with Gasteiger partial charge < -0.3 is 24.1 Å². The lowest BCUT2D eigenvalue weighted by Crippen LogP contribution is -2.17. The fourth-order valence-electron chi connectivity index (χ4n) is 7.31. The molecule has 2 heterocycles. The first kappa shape index (κ1) is 38.9. The summed E-state index contributed by atoms with van der Waals surface area (Å²) in [6.07, 6.45) is -0.723. The molecule has 0 amide bonds. The van der Waals surface area contributed by atoms with Gasteiger partial charge in [-0.15, -0.1) is 0 Å². The van der Waals surface area contributed by atoms with Crippen LogP contribution >= 0.6 is 39.4 Å². The van der Waals surface area contributed by atoms with Crippen molar-refractivity contribution in [3.05, 3.63) is 176 Å². The van der Waals surface area contributed by atoms with Crippen LogP contribution in [0.15, 0.2) is 133 Å². The zero-order valence-electron chi connectivity index (χ0n) is 34.7. The maximum Gasteiger partial charge on any atom is 0.394 e. The third-order valence-corrected chi connectivity index (χ3v) is 11.9. The standard InChI is InChI=1S/C26H21O4P.C23H18IO3P/c1-17-23-13-12-22(31-28)16-24(23)30-26(19-10-8-18(9-11-19)5-4-14-27)25(17)20-6-3-7-21(15-20)29-2;1-14-20-11-10-19(28-25)13-21(20)27-23(15-6-8-17(24)9-7-15)22(14)16-4-3-5-18(12-16)26-2/h3,6-13,15-16,26-27H,14H2,1-2H3;3-13,23H,1-2H3/p+2/i/hT2. The van der Waals surface area contributed by atoms with Crippen molar-refractivity contribution < 1.29 is 33.2 Å². The molecule has 2 aliphatic rings. The Morgan fingerprint density at radius 3 is 1.54 bits per heavy atom. The first-order chi connectivity index (χ1) is 29.5. The number of fused-ring (bicyclic) bond motifs is 2. The fourth-order valence-corrected chi connectivity index (χ4v) is 8.28. The Labute approximate surface area is 363 Å². The number of ether oxygens (including phenoxy) is 4. The van der Waals surface area contributed by atoms with Gasteiger partial charge in [-0.05, 0) is 143 Å². The smallest absolute Gasteiger partial charge is 0.394 e. The van der Waals surface area contributed by atoms with Crippen LogP contribution in [0.3, 0.4) is 0 Å². The minimum atomic E-state index is -2.21. The van der Waals surface area contributed by atoms with Crippen molar-refractivity contribution in [2.45, 2.75) is 26.1 Å². The summed E-state index contributed by atoms with van der Waals surface area (Å²) >= 11 is 2.29. The minimum absolute atomic E-state index is 0.188. The molecule has 1 N–H and O–H groups in total. The molecule has 10 heteroatoms. The highest BCUT2D eigenvalue weighted by atomic mass is 127. The molecule has 0 aromatic heterocycles. The highest BCUT2D eigenvalue weighted by Crippen LogP contribution is 2.48. The summed E-state index contributed by atoms with van der Waals surface area (Å²) in [6, 6.07) is 42.4. The molecule has 4 atom stereocenters. The van der Waals surface area contributed by atoms with Crippen molar-refractivity contribution in [3.63, 3.8) is 0 Å². The first-order valence-corrected chi connectivity index (χ1v) is 21.4. The largest absolute Gasteiger partial charge is 0.497 e. The average molecular weight is 935 g/mol. The predicted molar refractivity (Wildman–Crippen MR) is 247 cm³/mol. The number of benzene rings is 6. The minimum Gasteiger partial charge on any atom is -0.497 e. The Morgan fingerprint density at radius 1 is 0.661 bits per heavy atom. The van der Waals surface area contributed by atoms with E-state index in [9.17, 15) is 9.13 Å². The van der Waals surface area contributed by atoms with E-state index in [-0.39, 0.29) is 12.7 Å². The predicted octanol–water partition coefficient (Wildman–Crippen LogP) is 10.8. The van der Waals surface area contributed by atoms with Crippen molar-refractivity contribution in [2.75, 3.05) is 20.8 Å². The van der Waals surface area contributed by atoms with E-state index in [0.717, 1.165) is 76.3 Å². The number of rotatable bonds is 8. The molecule has 0 fully saturated rings. The van der Waals surface area contributed by atoms with Crippen LogP contribution in [0.25, 0.3) is 22.3 Å². The summed E-state index contributed by atoms with van der Waals surface area (Å²) in [6.45, 7) is 3.94. The van der Waals surface area contributed by atoms with Crippen molar-refractivity contribution in [2.24, 2.45) is 0 Å². The second kappa shape index (κ2) is 19.0. The lowest BCUT2D eigenvalue weighted by atomic mass is 9.86. The number of allylic oxidation sites excluding steroid dienone is 2. The van der Waals surface area contributed by atoms with E-state index < -0.39 is 22.9 Å². The molecule has 2 aliphatic heterocycles. The normalized spacial score (nSPS) is 16.2. The Bertz CT molecular complexity index is 2780. The molecule has 59 heavy (non-hydrogen) atoms. The summed E-state index contributed by atoms with van der Waals surface area (Å²) in [4.78, 5) is 0. The van der Waals surface area contributed by atoms with E-state index in [2.05, 4.69) is 71.7 Å². The van der Waals surface area contributed by atoms with Crippen LogP contribution < -0.4 is 29.6 Å². The lowest BCUT2D eigenvalue weighted by molar-refractivity contribution is 0.260. The van der Waals surface area contributed by atoms with Crippen molar-refractivity contribution in [1.29, 1.82) is 2.56 Å². The zero-order chi connectivity index (χ0) is 43.2. The average Bonchev–Trinajstić information content (AvgIpc) is 3.28. The van der Waals surface area contributed by atoms with Gasteiger partial charge in [0.1, 0.15) is 41.8 Å². The van der Waals surface area contributed by atoms with E-state index >= 15 is 0 Å². The Hall–Kier alpha value is -5.55. The van der Waals surface area contributed by atoms with Gasteiger partial charge in [0.05, 0.1) is 14.2 Å². The van der Waals surface area contributed by atoms with Gasteiger partial charge in [0, 0.05) is 43.5 Å². The highest BCUT2D eigenvalue weighted by molar-refractivity contribution is 14.1. The molecule has 0 aliphatic carbocycles. The van der Waals surface area contributed by atoms with Crippen LogP contribution in [0, 0.1) is 15.4 Å². The van der Waals surface area contributed by atoms with E-state index in [1.807, 2.05) is 85.8 Å².